The van der Waals surface area contributed by atoms with Crippen LogP contribution in [0.1, 0.15) is 24.5 Å². The predicted octanol–water partition coefficient (Wildman–Crippen LogP) is 2.86. The van der Waals surface area contributed by atoms with Crippen molar-refractivity contribution >= 4 is 28.5 Å². The summed E-state index contributed by atoms with van der Waals surface area (Å²) in [7, 11) is 0. The van der Waals surface area contributed by atoms with E-state index in [2.05, 4.69) is 15.3 Å². The molecule has 1 aliphatic rings. The Balaban J connectivity index is 1.99. The number of hydrogen-bond donors (Lipinski definition) is 2. The van der Waals surface area contributed by atoms with Crippen molar-refractivity contribution in [2.45, 2.75) is 18.8 Å². The van der Waals surface area contributed by atoms with E-state index in [0.717, 1.165) is 22.4 Å². The van der Waals surface area contributed by atoms with Gasteiger partial charge in [-0.1, -0.05) is 17.7 Å². The number of aromatic nitrogens is 4. The molecule has 1 aromatic carbocycles. The van der Waals surface area contributed by atoms with Gasteiger partial charge in [0.15, 0.2) is 5.65 Å². The van der Waals surface area contributed by atoms with Crippen LogP contribution in [-0.4, -0.2) is 20.0 Å². The van der Waals surface area contributed by atoms with Crippen LogP contribution in [0.15, 0.2) is 24.3 Å². The maximum absolute atomic E-state index is 6.04. The Morgan fingerprint density at radius 3 is 2.95 bits per heavy atom. The molecule has 4 rings (SSSR count). The zero-order valence-electron chi connectivity index (χ0n) is 10.1. The third kappa shape index (κ3) is 1.62. The normalized spacial score (nSPS) is 15.2. The van der Waals surface area contributed by atoms with Crippen molar-refractivity contribution < 1.29 is 0 Å². The van der Waals surface area contributed by atoms with Gasteiger partial charge < -0.3 is 5.73 Å². The third-order valence-corrected chi connectivity index (χ3v) is 3.69. The standard InChI is InChI=1S/C13H12ClN5/c14-8-2-1-3-9(6-8)19-13-10(12(15)16-17-13)11(18-19)7-4-5-7/h1-3,6-7H,4-5H2,(H3,15,16,17). The molecule has 0 atom stereocenters. The topological polar surface area (TPSA) is 72.5 Å². The maximum Gasteiger partial charge on any atom is 0.186 e. The first-order chi connectivity index (χ1) is 9.24. The van der Waals surface area contributed by atoms with Crippen molar-refractivity contribution in [1.29, 1.82) is 0 Å². The molecule has 3 N–H and O–H groups in total. The average Bonchev–Trinajstić information content (AvgIpc) is 3.06. The summed E-state index contributed by atoms with van der Waals surface area (Å²) in [5, 5.41) is 13.4. The summed E-state index contributed by atoms with van der Waals surface area (Å²) < 4.78 is 1.81. The van der Waals surface area contributed by atoms with Crippen LogP contribution in [0.3, 0.4) is 0 Å². The molecule has 3 aromatic rings. The fourth-order valence-electron chi connectivity index (χ4n) is 2.39. The highest BCUT2D eigenvalue weighted by molar-refractivity contribution is 6.30. The highest BCUT2D eigenvalue weighted by Crippen LogP contribution is 2.43. The van der Waals surface area contributed by atoms with E-state index < -0.39 is 0 Å². The number of fused-ring (bicyclic) bond motifs is 1. The molecule has 5 nitrogen and oxygen atoms in total. The molecule has 0 aliphatic heterocycles. The Labute approximate surface area is 114 Å². The number of H-pyrrole nitrogens is 1. The summed E-state index contributed by atoms with van der Waals surface area (Å²) in [5.74, 6) is 1.10. The fraction of sp³-hybridized carbons (Fsp3) is 0.231. The number of nitrogens with one attached hydrogen (secondary N) is 1. The molecular formula is C13H12ClN5. The van der Waals surface area contributed by atoms with Crippen LogP contribution in [0.4, 0.5) is 5.82 Å². The van der Waals surface area contributed by atoms with Crippen molar-refractivity contribution in [3.63, 3.8) is 0 Å². The van der Waals surface area contributed by atoms with Crippen LogP contribution in [0.25, 0.3) is 16.7 Å². The Hall–Kier alpha value is -2.01. The Morgan fingerprint density at radius 2 is 2.21 bits per heavy atom. The zero-order valence-corrected chi connectivity index (χ0v) is 10.9. The van der Waals surface area contributed by atoms with E-state index in [-0.39, 0.29) is 0 Å². The molecule has 2 aromatic heterocycles. The van der Waals surface area contributed by atoms with Crippen LogP contribution in [0.2, 0.25) is 5.02 Å². The monoisotopic (exact) mass is 273 g/mol. The molecule has 0 unspecified atom stereocenters. The van der Waals surface area contributed by atoms with Crippen molar-refractivity contribution in [3.8, 4) is 5.69 Å². The fourth-order valence-corrected chi connectivity index (χ4v) is 2.57. The third-order valence-electron chi connectivity index (χ3n) is 3.46. The number of benzene rings is 1. The summed E-state index contributed by atoms with van der Waals surface area (Å²) in [6.07, 6.45) is 2.35. The van der Waals surface area contributed by atoms with Crippen LogP contribution < -0.4 is 5.73 Å². The first kappa shape index (κ1) is 10.9. The van der Waals surface area contributed by atoms with Crippen LogP contribution >= 0.6 is 11.6 Å². The summed E-state index contributed by atoms with van der Waals surface area (Å²) in [4.78, 5) is 0. The van der Waals surface area contributed by atoms with Gasteiger partial charge in [0.2, 0.25) is 0 Å². The van der Waals surface area contributed by atoms with Gasteiger partial charge in [0.1, 0.15) is 5.82 Å². The van der Waals surface area contributed by atoms with E-state index in [1.807, 2.05) is 28.9 Å². The molecule has 96 valence electrons. The second-order valence-electron chi connectivity index (χ2n) is 4.89. The summed E-state index contributed by atoms with van der Waals surface area (Å²) in [6.45, 7) is 0. The molecule has 0 bridgehead atoms. The van der Waals surface area contributed by atoms with Gasteiger partial charge in [-0.3, -0.25) is 5.10 Å². The van der Waals surface area contributed by atoms with E-state index >= 15 is 0 Å². The van der Waals surface area contributed by atoms with Crippen molar-refractivity contribution in [3.05, 3.63) is 35.0 Å². The van der Waals surface area contributed by atoms with Gasteiger partial charge in [0.05, 0.1) is 16.8 Å². The van der Waals surface area contributed by atoms with Gasteiger partial charge in [-0.2, -0.15) is 10.2 Å². The highest BCUT2D eigenvalue weighted by Gasteiger charge is 2.31. The number of nitrogens with zero attached hydrogens (tertiary/aromatic N) is 3. The van der Waals surface area contributed by atoms with Gasteiger partial charge in [-0.15, -0.1) is 0 Å². The van der Waals surface area contributed by atoms with Gasteiger partial charge in [0.25, 0.3) is 0 Å². The van der Waals surface area contributed by atoms with Gasteiger partial charge in [-0.05, 0) is 31.0 Å². The second kappa shape index (κ2) is 3.74. The first-order valence-electron chi connectivity index (χ1n) is 6.22. The maximum atomic E-state index is 6.04. The van der Waals surface area contributed by atoms with E-state index in [9.17, 15) is 0 Å². The highest BCUT2D eigenvalue weighted by atomic mass is 35.5. The number of nitrogens with two attached hydrogens (primary N) is 1. The van der Waals surface area contributed by atoms with Crippen LogP contribution in [0, 0.1) is 0 Å². The molecule has 1 fully saturated rings. The van der Waals surface area contributed by atoms with E-state index in [4.69, 9.17) is 17.3 Å². The number of hydrogen-bond acceptors (Lipinski definition) is 3. The number of nitrogen functional groups attached to an aromatic ring is 1. The number of anilines is 1. The predicted molar refractivity (Wildman–Crippen MR) is 74.6 cm³/mol. The second-order valence-corrected chi connectivity index (χ2v) is 5.32. The molecule has 19 heavy (non-hydrogen) atoms. The molecule has 6 heteroatoms. The zero-order chi connectivity index (χ0) is 13.0. The van der Waals surface area contributed by atoms with Gasteiger partial charge in [0, 0.05) is 10.9 Å². The molecular weight excluding hydrogens is 262 g/mol. The molecule has 0 saturated heterocycles. The minimum Gasteiger partial charge on any atom is -0.383 e. The quantitative estimate of drug-likeness (QED) is 0.754. The van der Waals surface area contributed by atoms with Crippen LogP contribution in [0.5, 0.6) is 0 Å². The Kier molecular flexibility index (Phi) is 2.14. The smallest absolute Gasteiger partial charge is 0.186 e. The number of aromatic amines is 1. The lowest BCUT2D eigenvalue weighted by molar-refractivity contribution is 0.840. The lowest BCUT2D eigenvalue weighted by Crippen LogP contribution is -1.98. The van der Waals surface area contributed by atoms with Crippen molar-refractivity contribution in [2.24, 2.45) is 0 Å². The number of rotatable bonds is 2. The largest absolute Gasteiger partial charge is 0.383 e. The Morgan fingerprint density at radius 1 is 1.37 bits per heavy atom. The van der Waals surface area contributed by atoms with Gasteiger partial charge in [-0.25, -0.2) is 4.68 Å². The number of halogens is 1. The SMILES string of the molecule is Nc1[nH]nc2c1c(C1CC1)nn2-c1cccc(Cl)c1. The molecule has 1 saturated carbocycles. The minimum absolute atomic E-state index is 0.517. The molecule has 0 radical (unpaired) electrons. The van der Waals surface area contributed by atoms with E-state index in [1.54, 1.807) is 0 Å². The van der Waals surface area contributed by atoms with E-state index in [0.29, 0.717) is 16.8 Å². The molecule has 0 spiro atoms. The van der Waals surface area contributed by atoms with Crippen LogP contribution in [-0.2, 0) is 0 Å². The lowest BCUT2D eigenvalue weighted by atomic mass is 10.2. The average molecular weight is 274 g/mol. The molecule has 2 heterocycles. The minimum atomic E-state index is 0.517. The van der Waals surface area contributed by atoms with Crippen molar-refractivity contribution in [2.75, 3.05) is 5.73 Å². The van der Waals surface area contributed by atoms with Gasteiger partial charge >= 0.3 is 0 Å². The first-order valence-corrected chi connectivity index (χ1v) is 6.60. The lowest BCUT2D eigenvalue weighted by Gasteiger charge is -2.01. The summed E-state index contributed by atoms with van der Waals surface area (Å²) in [5.41, 5.74) is 8.67. The Bertz CT molecular complexity index is 769. The molecule has 0 amide bonds. The molecule has 1 aliphatic carbocycles. The summed E-state index contributed by atoms with van der Waals surface area (Å²) >= 11 is 6.04. The van der Waals surface area contributed by atoms with E-state index in [1.165, 1.54) is 12.8 Å². The van der Waals surface area contributed by atoms with Crippen molar-refractivity contribution in [1.82, 2.24) is 20.0 Å². The summed E-state index contributed by atoms with van der Waals surface area (Å²) in [6, 6.07) is 7.57.